The van der Waals surface area contributed by atoms with Gasteiger partial charge in [0.2, 0.25) is 0 Å². The summed E-state index contributed by atoms with van der Waals surface area (Å²) in [5.41, 5.74) is 10.3. The number of nitrogens with two attached hydrogens (primary N) is 2. The molecule has 18 heavy (non-hydrogen) atoms. The number of nitrogens with zero attached hydrogens (tertiary/aromatic N) is 1. The summed E-state index contributed by atoms with van der Waals surface area (Å²) in [7, 11) is 0. The van der Waals surface area contributed by atoms with Crippen LogP contribution >= 0.6 is 11.8 Å². The number of furan rings is 1. The molecule has 5 N–H and O–H groups in total. The first kappa shape index (κ1) is 14.4. The van der Waals surface area contributed by atoms with E-state index in [-0.39, 0.29) is 24.5 Å². The molecule has 0 atom stereocenters. The van der Waals surface area contributed by atoms with Crippen molar-refractivity contribution in [1.29, 1.82) is 0 Å². The molecule has 0 unspecified atom stereocenters. The molecule has 1 aromatic heterocycles. The Morgan fingerprint density at radius 1 is 1.44 bits per heavy atom. The van der Waals surface area contributed by atoms with Gasteiger partial charge in [0.15, 0.2) is 5.82 Å². The number of nitro groups is 1. The van der Waals surface area contributed by atoms with Gasteiger partial charge in [0.05, 0.1) is 17.1 Å². The van der Waals surface area contributed by atoms with E-state index in [0.717, 1.165) is 5.76 Å². The van der Waals surface area contributed by atoms with E-state index in [2.05, 4.69) is 0 Å². The maximum atomic E-state index is 10.6. The maximum Gasteiger partial charge on any atom is 0.286 e. The zero-order chi connectivity index (χ0) is 13.5. The van der Waals surface area contributed by atoms with Crippen molar-refractivity contribution in [2.75, 3.05) is 5.75 Å². The zero-order valence-electron chi connectivity index (χ0n) is 9.67. The molecule has 0 aliphatic heterocycles. The Balaban J connectivity index is 2.34. The molecule has 100 valence electrons. The van der Waals surface area contributed by atoms with Crippen molar-refractivity contribution in [1.82, 2.24) is 0 Å². The highest BCUT2D eigenvalue weighted by Crippen LogP contribution is 2.18. The lowest BCUT2D eigenvalue weighted by molar-refractivity contribution is -0.428. The van der Waals surface area contributed by atoms with Gasteiger partial charge in [0.1, 0.15) is 18.1 Å². The van der Waals surface area contributed by atoms with Crippen molar-refractivity contribution in [2.24, 2.45) is 11.5 Å². The topological polar surface area (TPSA) is 129 Å². The average Bonchev–Trinajstić information content (AvgIpc) is 2.75. The largest absolute Gasteiger partial charge is 0.463 e. The van der Waals surface area contributed by atoms with Gasteiger partial charge < -0.3 is 21.0 Å². The van der Waals surface area contributed by atoms with Crippen molar-refractivity contribution < 1.29 is 14.4 Å². The summed E-state index contributed by atoms with van der Waals surface area (Å²) in [5.74, 6) is 2.07. The van der Waals surface area contributed by atoms with Gasteiger partial charge in [-0.2, -0.15) is 11.8 Å². The maximum absolute atomic E-state index is 10.6. The molecule has 7 nitrogen and oxygen atoms in total. The molecule has 0 aliphatic rings. The summed E-state index contributed by atoms with van der Waals surface area (Å²) in [6, 6.07) is 3.45. The molecule has 8 heteroatoms. The molecule has 0 spiro atoms. The van der Waals surface area contributed by atoms with Gasteiger partial charge in [-0.15, -0.1) is 0 Å². The molecule has 1 heterocycles. The van der Waals surface area contributed by atoms with Gasteiger partial charge in [-0.05, 0) is 12.1 Å². The van der Waals surface area contributed by atoms with Crippen molar-refractivity contribution in [3.63, 3.8) is 0 Å². The van der Waals surface area contributed by atoms with Crippen LogP contribution in [-0.4, -0.2) is 15.8 Å². The van der Waals surface area contributed by atoms with E-state index in [4.69, 9.17) is 21.0 Å². The minimum absolute atomic E-state index is 0.136. The van der Waals surface area contributed by atoms with E-state index in [0.29, 0.717) is 17.3 Å². The Kier molecular flexibility index (Phi) is 5.53. The van der Waals surface area contributed by atoms with Crippen molar-refractivity contribution >= 4 is 11.8 Å². The Hall–Kier alpha value is -1.67. The first-order valence-corrected chi connectivity index (χ1v) is 6.34. The lowest BCUT2D eigenvalue weighted by atomic mass is 10.3. The van der Waals surface area contributed by atoms with Gasteiger partial charge in [0.25, 0.3) is 5.70 Å². The molecular formula is C10H15N3O4S. The van der Waals surface area contributed by atoms with Gasteiger partial charge in [-0.3, -0.25) is 10.1 Å². The predicted molar refractivity (Wildman–Crippen MR) is 67.8 cm³/mol. The third kappa shape index (κ3) is 4.30. The van der Waals surface area contributed by atoms with E-state index >= 15 is 0 Å². The average molecular weight is 273 g/mol. The van der Waals surface area contributed by atoms with Crippen LogP contribution in [0.2, 0.25) is 0 Å². The van der Waals surface area contributed by atoms with Crippen LogP contribution in [0.5, 0.6) is 0 Å². The van der Waals surface area contributed by atoms with Gasteiger partial charge >= 0.3 is 0 Å². The number of hydrogen-bond donors (Lipinski definition) is 3. The van der Waals surface area contributed by atoms with Crippen LogP contribution in [0.1, 0.15) is 17.9 Å². The first-order chi connectivity index (χ1) is 8.54. The minimum Gasteiger partial charge on any atom is -0.463 e. The lowest BCUT2D eigenvalue weighted by Crippen LogP contribution is -2.17. The fourth-order valence-electron chi connectivity index (χ4n) is 1.27. The Morgan fingerprint density at radius 2 is 2.11 bits per heavy atom. The monoisotopic (exact) mass is 273 g/mol. The second kappa shape index (κ2) is 6.92. The summed E-state index contributed by atoms with van der Waals surface area (Å²) in [6.07, 6.45) is 0.202. The molecule has 0 aromatic carbocycles. The summed E-state index contributed by atoms with van der Waals surface area (Å²) in [5, 5.41) is 19.4. The van der Waals surface area contributed by atoms with Crippen molar-refractivity contribution in [3.8, 4) is 0 Å². The van der Waals surface area contributed by atoms with Crippen LogP contribution < -0.4 is 11.5 Å². The third-order valence-electron chi connectivity index (χ3n) is 2.15. The van der Waals surface area contributed by atoms with Crippen LogP contribution in [-0.2, 0) is 12.4 Å². The van der Waals surface area contributed by atoms with E-state index in [1.54, 1.807) is 12.1 Å². The number of allylic oxidation sites excluding steroid dienone is 1. The second-order valence-electron chi connectivity index (χ2n) is 3.49. The van der Waals surface area contributed by atoms with Crippen LogP contribution in [0.3, 0.4) is 0 Å². The molecule has 0 fully saturated rings. The highest BCUT2D eigenvalue weighted by Gasteiger charge is 2.14. The molecule has 0 bridgehead atoms. The fourth-order valence-corrected chi connectivity index (χ4v) is 2.11. The van der Waals surface area contributed by atoms with E-state index in [1.165, 1.54) is 11.8 Å². The van der Waals surface area contributed by atoms with Gasteiger partial charge in [0, 0.05) is 5.75 Å². The summed E-state index contributed by atoms with van der Waals surface area (Å²) in [4.78, 5) is 10.0. The number of aliphatic hydroxyl groups excluding tert-OH is 1. The van der Waals surface area contributed by atoms with E-state index in [1.807, 2.05) is 0 Å². The third-order valence-corrected chi connectivity index (χ3v) is 3.14. The highest BCUT2D eigenvalue weighted by molar-refractivity contribution is 7.98. The smallest absolute Gasteiger partial charge is 0.286 e. The molecule has 0 radical (unpaired) electrons. The standard InChI is InChI=1S/C10H15N3O4S/c11-10(12)9(13(15)16)3-4-18-6-8-2-1-7(5-14)17-8/h1-2,14H,3-6,11-12H2. The molecule has 0 saturated carbocycles. The SMILES string of the molecule is NC(N)=C(CCSCc1ccc(CO)o1)[N+](=O)[O-]. The van der Waals surface area contributed by atoms with Crippen molar-refractivity contribution in [2.45, 2.75) is 18.8 Å². The quantitative estimate of drug-likeness (QED) is 0.380. The van der Waals surface area contributed by atoms with E-state index < -0.39 is 4.92 Å². The first-order valence-electron chi connectivity index (χ1n) is 5.19. The van der Waals surface area contributed by atoms with E-state index in [9.17, 15) is 10.1 Å². The number of aliphatic hydroxyl groups is 1. The summed E-state index contributed by atoms with van der Waals surface area (Å²) in [6.45, 7) is -0.136. The molecule has 1 rings (SSSR count). The van der Waals surface area contributed by atoms with Crippen LogP contribution in [0.15, 0.2) is 28.1 Å². The van der Waals surface area contributed by atoms with Gasteiger partial charge in [-0.25, -0.2) is 0 Å². The number of rotatable bonds is 7. The summed E-state index contributed by atoms with van der Waals surface area (Å²) >= 11 is 1.47. The minimum atomic E-state index is -0.563. The van der Waals surface area contributed by atoms with Gasteiger partial charge in [-0.1, -0.05) is 0 Å². The normalized spacial score (nSPS) is 10.3. The zero-order valence-corrected chi connectivity index (χ0v) is 10.5. The molecule has 0 aliphatic carbocycles. The number of hydrogen-bond acceptors (Lipinski definition) is 7. The summed E-state index contributed by atoms with van der Waals surface area (Å²) < 4.78 is 5.27. The Morgan fingerprint density at radius 3 is 2.61 bits per heavy atom. The van der Waals surface area contributed by atoms with Crippen LogP contribution in [0.25, 0.3) is 0 Å². The molecule has 0 amide bonds. The highest BCUT2D eigenvalue weighted by atomic mass is 32.2. The predicted octanol–water partition coefficient (Wildman–Crippen LogP) is 0.758. The molecule has 1 aromatic rings. The lowest BCUT2D eigenvalue weighted by Gasteiger charge is -2.00. The Labute approximate surface area is 108 Å². The van der Waals surface area contributed by atoms with Crippen LogP contribution in [0, 0.1) is 10.1 Å². The Bertz CT molecular complexity index is 440. The fraction of sp³-hybridized carbons (Fsp3) is 0.400. The second-order valence-corrected chi connectivity index (χ2v) is 4.59. The van der Waals surface area contributed by atoms with Crippen LogP contribution in [0.4, 0.5) is 0 Å². The van der Waals surface area contributed by atoms with Crippen molar-refractivity contribution in [3.05, 3.63) is 45.3 Å². The molecule has 0 saturated heterocycles. The number of thioether (sulfide) groups is 1. The molecular weight excluding hydrogens is 258 g/mol.